The van der Waals surface area contributed by atoms with E-state index >= 15 is 0 Å². The molecule has 4 nitrogen and oxygen atoms in total. The molecule has 0 radical (unpaired) electrons. The summed E-state index contributed by atoms with van der Waals surface area (Å²) in [5.74, 6) is -2.38. The van der Waals surface area contributed by atoms with Crippen molar-refractivity contribution >= 4 is 5.97 Å². The Balaban J connectivity index is 3.01. The molecule has 0 saturated carbocycles. The number of ether oxygens (including phenoxy) is 1. The fourth-order valence-corrected chi connectivity index (χ4v) is 1.41. The molecule has 0 heterocycles. The maximum atomic E-state index is 13.6. The van der Waals surface area contributed by atoms with Crippen LogP contribution in [-0.2, 0) is 4.79 Å². The molecule has 0 aliphatic carbocycles. The first-order chi connectivity index (χ1) is 7.60. The van der Waals surface area contributed by atoms with Crippen molar-refractivity contribution in [3.63, 3.8) is 0 Å². The number of hydrogen-bond acceptors (Lipinski definition) is 3. The number of aliphatic carboxylic acids is 1. The molecule has 0 saturated heterocycles. The van der Waals surface area contributed by atoms with Gasteiger partial charge in [0, 0.05) is 18.2 Å². The lowest BCUT2D eigenvalue weighted by molar-refractivity contribution is -0.138. The van der Waals surface area contributed by atoms with E-state index in [1.165, 1.54) is 18.2 Å². The van der Waals surface area contributed by atoms with E-state index in [0.717, 1.165) is 0 Å². The molecule has 0 amide bonds. The van der Waals surface area contributed by atoms with Crippen LogP contribution in [0, 0.1) is 5.82 Å². The first kappa shape index (κ1) is 12.4. The summed E-state index contributed by atoms with van der Waals surface area (Å²) in [6, 6.07) is 4.10. The molecule has 0 aliphatic heterocycles. The monoisotopic (exact) mass is 227 g/mol. The smallest absolute Gasteiger partial charge is 0.312 e. The van der Waals surface area contributed by atoms with Crippen molar-refractivity contribution in [2.45, 2.75) is 12.8 Å². The highest BCUT2D eigenvalue weighted by Gasteiger charge is 2.21. The van der Waals surface area contributed by atoms with Crippen molar-refractivity contribution in [3.8, 4) is 5.75 Å². The molecular weight excluding hydrogens is 213 g/mol. The van der Waals surface area contributed by atoms with Gasteiger partial charge in [-0.1, -0.05) is 6.07 Å². The number of halogens is 1. The van der Waals surface area contributed by atoms with Crippen LogP contribution in [0.15, 0.2) is 18.2 Å². The molecule has 0 bridgehead atoms. The topological polar surface area (TPSA) is 72.5 Å². The predicted molar refractivity (Wildman–Crippen MR) is 57.0 cm³/mol. The average molecular weight is 227 g/mol. The van der Waals surface area contributed by atoms with Gasteiger partial charge in [0.2, 0.25) is 0 Å². The fraction of sp³-hybridized carbons (Fsp3) is 0.364. The number of rotatable bonds is 5. The summed E-state index contributed by atoms with van der Waals surface area (Å²) >= 11 is 0. The van der Waals surface area contributed by atoms with E-state index in [1.54, 1.807) is 6.92 Å². The number of hydrogen-bond donors (Lipinski definition) is 2. The van der Waals surface area contributed by atoms with Gasteiger partial charge < -0.3 is 15.6 Å². The summed E-state index contributed by atoms with van der Waals surface area (Å²) in [4.78, 5) is 10.8. The first-order valence-corrected chi connectivity index (χ1v) is 4.95. The van der Waals surface area contributed by atoms with E-state index in [9.17, 15) is 9.18 Å². The number of nitrogens with two attached hydrogens (primary N) is 1. The third kappa shape index (κ3) is 2.70. The molecule has 5 heteroatoms. The SMILES string of the molecule is CCOc1ccc(C(CN)C(=O)O)c(F)c1. The van der Waals surface area contributed by atoms with Gasteiger partial charge in [0.05, 0.1) is 12.5 Å². The largest absolute Gasteiger partial charge is 0.494 e. The van der Waals surface area contributed by atoms with Crippen LogP contribution in [0.3, 0.4) is 0 Å². The average Bonchev–Trinajstić information content (AvgIpc) is 2.22. The first-order valence-electron chi connectivity index (χ1n) is 4.95. The van der Waals surface area contributed by atoms with Crippen molar-refractivity contribution in [1.82, 2.24) is 0 Å². The highest BCUT2D eigenvalue weighted by Crippen LogP contribution is 2.23. The van der Waals surface area contributed by atoms with Crippen LogP contribution >= 0.6 is 0 Å². The zero-order valence-corrected chi connectivity index (χ0v) is 8.94. The quantitative estimate of drug-likeness (QED) is 0.796. The van der Waals surface area contributed by atoms with Crippen LogP contribution < -0.4 is 10.5 Å². The molecular formula is C11H14FNO3. The number of carbonyl (C=O) groups is 1. The number of carboxylic acids is 1. The van der Waals surface area contributed by atoms with Crippen LogP contribution in [0.25, 0.3) is 0 Å². The van der Waals surface area contributed by atoms with Gasteiger partial charge in [-0.25, -0.2) is 4.39 Å². The third-order valence-electron chi connectivity index (χ3n) is 2.19. The van der Waals surface area contributed by atoms with Gasteiger partial charge in [-0.3, -0.25) is 4.79 Å². The Kier molecular flexibility index (Phi) is 4.25. The van der Waals surface area contributed by atoms with Gasteiger partial charge in [-0.15, -0.1) is 0 Å². The lowest BCUT2D eigenvalue weighted by Crippen LogP contribution is -2.22. The normalized spacial score (nSPS) is 12.2. The number of carboxylic acid groups (broad SMARTS) is 1. The molecule has 0 fully saturated rings. The van der Waals surface area contributed by atoms with Crippen LogP contribution in [0.1, 0.15) is 18.4 Å². The van der Waals surface area contributed by atoms with Crippen LogP contribution in [0.4, 0.5) is 4.39 Å². The molecule has 0 aromatic heterocycles. The Bertz CT molecular complexity index is 381. The zero-order valence-electron chi connectivity index (χ0n) is 8.94. The maximum Gasteiger partial charge on any atom is 0.312 e. The van der Waals surface area contributed by atoms with Crippen molar-refractivity contribution in [2.24, 2.45) is 5.73 Å². The van der Waals surface area contributed by atoms with Gasteiger partial charge in [0.1, 0.15) is 11.6 Å². The Labute approximate surface area is 92.8 Å². The summed E-state index contributed by atoms with van der Waals surface area (Å²) in [6.07, 6.45) is 0. The Morgan fingerprint density at radius 3 is 2.75 bits per heavy atom. The minimum atomic E-state index is -1.13. The Morgan fingerprint density at radius 1 is 1.62 bits per heavy atom. The van der Waals surface area contributed by atoms with Gasteiger partial charge in [-0.05, 0) is 13.0 Å². The van der Waals surface area contributed by atoms with Gasteiger partial charge in [-0.2, -0.15) is 0 Å². The molecule has 88 valence electrons. The van der Waals surface area contributed by atoms with Crippen molar-refractivity contribution < 1.29 is 19.0 Å². The van der Waals surface area contributed by atoms with Crippen molar-refractivity contribution in [3.05, 3.63) is 29.6 Å². The number of benzene rings is 1. The summed E-state index contributed by atoms with van der Waals surface area (Å²) in [5, 5.41) is 8.85. The fourth-order valence-electron chi connectivity index (χ4n) is 1.41. The van der Waals surface area contributed by atoms with E-state index in [1.807, 2.05) is 0 Å². The zero-order chi connectivity index (χ0) is 12.1. The molecule has 1 atom stereocenters. The Morgan fingerprint density at radius 2 is 2.31 bits per heavy atom. The van der Waals surface area contributed by atoms with Gasteiger partial charge >= 0.3 is 5.97 Å². The lowest BCUT2D eigenvalue weighted by Gasteiger charge is -2.12. The molecule has 3 N–H and O–H groups in total. The molecule has 0 spiro atoms. The molecule has 1 rings (SSSR count). The van der Waals surface area contributed by atoms with Crippen molar-refractivity contribution in [2.75, 3.05) is 13.2 Å². The summed E-state index contributed by atoms with van der Waals surface area (Å²) in [6.45, 7) is 2.07. The second kappa shape index (κ2) is 5.46. The summed E-state index contributed by atoms with van der Waals surface area (Å²) in [5.41, 5.74) is 5.37. The third-order valence-corrected chi connectivity index (χ3v) is 2.19. The standard InChI is InChI=1S/C11H14FNO3/c1-2-16-7-3-4-8(10(12)5-7)9(6-13)11(14)15/h3-5,9H,2,6,13H2,1H3,(H,14,15). The van der Waals surface area contributed by atoms with Crippen LogP contribution in [0.5, 0.6) is 5.75 Å². The van der Waals surface area contributed by atoms with Crippen LogP contribution in [0.2, 0.25) is 0 Å². The van der Waals surface area contributed by atoms with Gasteiger partial charge in [0.25, 0.3) is 0 Å². The summed E-state index contributed by atoms with van der Waals surface area (Å²) in [7, 11) is 0. The Hall–Kier alpha value is -1.62. The molecule has 0 aliphatic rings. The van der Waals surface area contributed by atoms with E-state index < -0.39 is 17.7 Å². The van der Waals surface area contributed by atoms with Crippen LogP contribution in [-0.4, -0.2) is 24.2 Å². The van der Waals surface area contributed by atoms with E-state index in [2.05, 4.69) is 0 Å². The molecule has 16 heavy (non-hydrogen) atoms. The maximum absolute atomic E-state index is 13.6. The highest BCUT2D eigenvalue weighted by atomic mass is 19.1. The highest BCUT2D eigenvalue weighted by molar-refractivity contribution is 5.76. The van der Waals surface area contributed by atoms with E-state index in [4.69, 9.17) is 15.6 Å². The molecule has 1 aromatic carbocycles. The van der Waals surface area contributed by atoms with Crippen molar-refractivity contribution in [1.29, 1.82) is 0 Å². The second-order valence-corrected chi connectivity index (χ2v) is 3.24. The summed E-state index contributed by atoms with van der Waals surface area (Å²) < 4.78 is 18.7. The van der Waals surface area contributed by atoms with Gasteiger partial charge in [0.15, 0.2) is 0 Å². The van der Waals surface area contributed by atoms with E-state index in [-0.39, 0.29) is 12.1 Å². The minimum Gasteiger partial charge on any atom is -0.494 e. The lowest BCUT2D eigenvalue weighted by atomic mass is 9.99. The second-order valence-electron chi connectivity index (χ2n) is 3.24. The minimum absolute atomic E-state index is 0.0819. The molecule has 1 unspecified atom stereocenters. The van der Waals surface area contributed by atoms with E-state index in [0.29, 0.717) is 12.4 Å². The predicted octanol–water partition coefficient (Wildman–Crippen LogP) is 1.35. The molecule has 1 aromatic rings.